The fraction of sp³-hybridized carbons (Fsp3) is 0.481. The highest BCUT2D eigenvalue weighted by Gasteiger charge is 2.20. The second kappa shape index (κ2) is 11.2. The summed E-state index contributed by atoms with van der Waals surface area (Å²) in [6.45, 7) is 4.21. The van der Waals surface area contributed by atoms with Gasteiger partial charge in [-0.1, -0.05) is 50.5 Å². The van der Waals surface area contributed by atoms with Crippen LogP contribution < -0.4 is 10.1 Å². The molecule has 1 heterocycles. The van der Waals surface area contributed by atoms with Crippen molar-refractivity contribution >= 4 is 16.9 Å². The first kappa shape index (κ1) is 22.4. The molecule has 32 heavy (non-hydrogen) atoms. The van der Waals surface area contributed by atoms with Crippen LogP contribution in [0.25, 0.3) is 11.0 Å². The van der Waals surface area contributed by atoms with E-state index in [9.17, 15) is 4.79 Å². The van der Waals surface area contributed by atoms with Gasteiger partial charge >= 0.3 is 0 Å². The van der Waals surface area contributed by atoms with E-state index in [2.05, 4.69) is 47.1 Å². The van der Waals surface area contributed by atoms with Crippen molar-refractivity contribution in [1.29, 1.82) is 0 Å². The number of aromatic nitrogens is 2. The summed E-state index contributed by atoms with van der Waals surface area (Å²) in [5, 5.41) is 3.15. The van der Waals surface area contributed by atoms with Crippen molar-refractivity contribution in [3.8, 4) is 5.75 Å². The Balaban J connectivity index is 1.32. The molecule has 0 unspecified atom stereocenters. The molecule has 1 fully saturated rings. The van der Waals surface area contributed by atoms with Gasteiger partial charge in [-0.25, -0.2) is 4.98 Å². The van der Waals surface area contributed by atoms with Crippen LogP contribution in [-0.2, 0) is 24.2 Å². The van der Waals surface area contributed by atoms with Gasteiger partial charge in [-0.3, -0.25) is 4.79 Å². The second-order valence-electron chi connectivity index (χ2n) is 8.74. The number of hydrogen-bond acceptors (Lipinski definition) is 3. The quantitative estimate of drug-likeness (QED) is 0.441. The van der Waals surface area contributed by atoms with Crippen molar-refractivity contribution in [2.75, 3.05) is 13.2 Å². The monoisotopic (exact) mass is 433 g/mol. The molecule has 1 N–H and O–H groups in total. The summed E-state index contributed by atoms with van der Waals surface area (Å²) in [6.07, 6.45) is 8.50. The molecule has 1 aliphatic rings. The third-order valence-corrected chi connectivity index (χ3v) is 6.50. The fourth-order valence-corrected chi connectivity index (χ4v) is 4.61. The Labute approximate surface area is 191 Å². The van der Waals surface area contributed by atoms with Crippen LogP contribution in [0.15, 0.2) is 48.5 Å². The van der Waals surface area contributed by atoms with Crippen molar-refractivity contribution in [3.05, 3.63) is 59.9 Å². The Morgan fingerprint density at radius 2 is 1.88 bits per heavy atom. The third kappa shape index (κ3) is 5.70. The number of rotatable bonds is 10. The number of hydrogen-bond donors (Lipinski definition) is 1. The predicted octanol–water partition coefficient (Wildman–Crippen LogP) is 5.31. The van der Waals surface area contributed by atoms with Crippen LogP contribution in [0.4, 0.5) is 0 Å². The van der Waals surface area contributed by atoms with Gasteiger partial charge in [0.2, 0.25) is 5.91 Å². The van der Waals surface area contributed by atoms with E-state index in [1.54, 1.807) is 0 Å². The molecule has 1 aromatic heterocycles. The lowest BCUT2D eigenvalue weighted by Gasteiger charge is -2.20. The van der Waals surface area contributed by atoms with Gasteiger partial charge < -0.3 is 14.6 Å². The fourth-order valence-electron chi connectivity index (χ4n) is 4.61. The van der Waals surface area contributed by atoms with Crippen LogP contribution in [0.5, 0.6) is 5.75 Å². The van der Waals surface area contributed by atoms with Crippen LogP contribution in [0, 0.1) is 5.92 Å². The Hall–Kier alpha value is -2.82. The van der Waals surface area contributed by atoms with E-state index in [1.165, 1.54) is 24.8 Å². The highest BCUT2D eigenvalue weighted by atomic mass is 16.5. The van der Waals surface area contributed by atoms with E-state index in [-0.39, 0.29) is 11.8 Å². The molecular weight excluding hydrogens is 398 g/mol. The molecule has 0 radical (unpaired) electrons. The normalized spacial score (nSPS) is 14.5. The molecule has 0 saturated heterocycles. The number of aryl methyl sites for hydroxylation is 2. The van der Waals surface area contributed by atoms with Gasteiger partial charge in [0.05, 0.1) is 17.6 Å². The zero-order chi connectivity index (χ0) is 22.2. The van der Waals surface area contributed by atoms with Crippen LogP contribution in [0.3, 0.4) is 0 Å². The highest BCUT2D eigenvalue weighted by Crippen LogP contribution is 2.23. The first-order valence-corrected chi connectivity index (χ1v) is 12.2. The Morgan fingerprint density at radius 1 is 1.09 bits per heavy atom. The minimum atomic E-state index is 0.219. The molecule has 1 aliphatic carbocycles. The van der Waals surface area contributed by atoms with Crippen molar-refractivity contribution in [1.82, 2.24) is 14.9 Å². The van der Waals surface area contributed by atoms with Crippen LogP contribution in [0.1, 0.15) is 56.8 Å². The zero-order valence-electron chi connectivity index (χ0n) is 19.2. The summed E-state index contributed by atoms with van der Waals surface area (Å²) in [5.41, 5.74) is 3.47. The van der Waals surface area contributed by atoms with Crippen molar-refractivity contribution in [3.63, 3.8) is 0 Å². The molecule has 0 aliphatic heterocycles. The first-order valence-electron chi connectivity index (χ1n) is 12.2. The van der Waals surface area contributed by atoms with E-state index in [4.69, 9.17) is 9.72 Å². The molecule has 5 nitrogen and oxygen atoms in total. The number of benzene rings is 2. The summed E-state index contributed by atoms with van der Waals surface area (Å²) in [7, 11) is 0. The lowest BCUT2D eigenvalue weighted by atomic mass is 9.89. The minimum absolute atomic E-state index is 0.219. The second-order valence-corrected chi connectivity index (χ2v) is 8.74. The average Bonchev–Trinajstić information content (AvgIpc) is 3.20. The number of para-hydroxylation sites is 2. The lowest BCUT2D eigenvalue weighted by molar-refractivity contribution is -0.125. The van der Waals surface area contributed by atoms with E-state index in [0.29, 0.717) is 13.2 Å². The summed E-state index contributed by atoms with van der Waals surface area (Å²) in [4.78, 5) is 17.2. The van der Waals surface area contributed by atoms with Gasteiger partial charge in [-0.15, -0.1) is 0 Å². The van der Waals surface area contributed by atoms with Crippen molar-refractivity contribution in [2.45, 2.75) is 64.8 Å². The highest BCUT2D eigenvalue weighted by molar-refractivity contribution is 5.78. The maximum Gasteiger partial charge on any atom is 0.223 e. The molecule has 0 atom stereocenters. The average molecular weight is 434 g/mol. The minimum Gasteiger partial charge on any atom is -0.492 e. The number of ether oxygens (including phenoxy) is 1. The smallest absolute Gasteiger partial charge is 0.223 e. The Kier molecular flexibility index (Phi) is 7.81. The van der Waals surface area contributed by atoms with E-state index in [0.717, 1.165) is 61.3 Å². The number of nitrogens with zero attached hydrogens (tertiary/aromatic N) is 2. The standard InChI is InChI=1S/C27H35N3O2/c1-2-21-14-16-23(17-15-21)32-20-19-30-25-12-7-6-11-24(25)29-26(30)13-8-18-28-27(31)22-9-4-3-5-10-22/h6-7,11-12,14-17,22H,2-5,8-10,13,18-20H2,1H3,(H,28,31). The zero-order valence-corrected chi connectivity index (χ0v) is 19.2. The van der Waals surface area contributed by atoms with Gasteiger partial charge in [0.15, 0.2) is 0 Å². The summed E-state index contributed by atoms with van der Waals surface area (Å²) in [6, 6.07) is 16.6. The molecule has 0 spiro atoms. The number of fused-ring (bicyclic) bond motifs is 1. The molecule has 1 amide bonds. The number of carbonyl (C=O) groups excluding carboxylic acids is 1. The number of amides is 1. The topological polar surface area (TPSA) is 56.1 Å². The van der Waals surface area contributed by atoms with Crippen molar-refractivity contribution < 1.29 is 9.53 Å². The van der Waals surface area contributed by atoms with E-state index < -0.39 is 0 Å². The molecule has 4 rings (SSSR count). The van der Waals surface area contributed by atoms with Gasteiger partial charge in [-0.05, 0) is 55.5 Å². The largest absolute Gasteiger partial charge is 0.492 e. The number of nitrogens with one attached hydrogen (secondary N) is 1. The molecule has 2 aromatic carbocycles. The maximum atomic E-state index is 12.4. The Morgan fingerprint density at radius 3 is 2.66 bits per heavy atom. The molecule has 0 bridgehead atoms. The van der Waals surface area contributed by atoms with Gasteiger partial charge in [0.25, 0.3) is 0 Å². The number of carbonyl (C=O) groups is 1. The third-order valence-electron chi connectivity index (χ3n) is 6.50. The summed E-state index contributed by atoms with van der Waals surface area (Å²) in [5.74, 6) is 2.42. The van der Waals surface area contributed by atoms with Crippen LogP contribution in [0.2, 0.25) is 0 Å². The van der Waals surface area contributed by atoms with E-state index >= 15 is 0 Å². The first-order chi connectivity index (χ1) is 15.7. The van der Waals surface area contributed by atoms with Crippen molar-refractivity contribution in [2.24, 2.45) is 5.92 Å². The number of imidazole rings is 1. The molecular formula is C27H35N3O2. The van der Waals surface area contributed by atoms with Gasteiger partial charge in [0.1, 0.15) is 18.2 Å². The summed E-state index contributed by atoms with van der Waals surface area (Å²) < 4.78 is 8.26. The van der Waals surface area contributed by atoms with Crippen LogP contribution in [-0.4, -0.2) is 28.6 Å². The molecule has 170 valence electrons. The Bertz CT molecular complexity index is 1000. The van der Waals surface area contributed by atoms with Gasteiger partial charge in [0, 0.05) is 18.9 Å². The maximum absolute atomic E-state index is 12.4. The lowest BCUT2D eigenvalue weighted by Crippen LogP contribution is -2.32. The van der Waals surface area contributed by atoms with Gasteiger partial charge in [-0.2, -0.15) is 0 Å². The molecule has 1 saturated carbocycles. The van der Waals surface area contributed by atoms with Crippen LogP contribution >= 0.6 is 0 Å². The molecule has 5 heteroatoms. The van der Waals surface area contributed by atoms with E-state index in [1.807, 2.05) is 18.2 Å². The summed E-state index contributed by atoms with van der Waals surface area (Å²) >= 11 is 0. The SMILES string of the molecule is CCc1ccc(OCCn2c(CCCNC(=O)C3CCCCC3)nc3ccccc32)cc1. The predicted molar refractivity (Wildman–Crippen MR) is 129 cm³/mol. The molecule has 3 aromatic rings.